The second kappa shape index (κ2) is 11.2. The summed E-state index contributed by atoms with van der Waals surface area (Å²) >= 11 is 7.19. The molecule has 1 amide bonds. The van der Waals surface area contributed by atoms with Crippen molar-refractivity contribution < 1.29 is 18.7 Å². The molecule has 1 aromatic carbocycles. The maximum atomic E-state index is 14.1. The molecule has 1 atom stereocenters. The lowest BCUT2D eigenvalue weighted by molar-refractivity contribution is -0.0592. The molecular weight excluding hydrogens is 541 g/mol. The van der Waals surface area contributed by atoms with E-state index in [9.17, 15) is 9.18 Å². The number of carbonyl (C=O) groups is 1. The first-order chi connectivity index (χ1) is 18.9. The minimum Gasteiger partial charge on any atom is -0.473 e. The van der Waals surface area contributed by atoms with Crippen molar-refractivity contribution in [2.45, 2.75) is 51.0 Å². The largest absolute Gasteiger partial charge is 0.473 e. The van der Waals surface area contributed by atoms with Crippen LogP contribution in [0, 0.1) is 5.82 Å². The lowest BCUT2D eigenvalue weighted by Crippen LogP contribution is -2.35. The number of likely N-dealkylation sites (tertiary alicyclic amines) is 1. The number of primary amides is 1. The van der Waals surface area contributed by atoms with Gasteiger partial charge in [-0.3, -0.25) is 9.69 Å². The van der Waals surface area contributed by atoms with E-state index in [0.717, 1.165) is 73.9 Å². The lowest BCUT2D eigenvalue weighted by Gasteiger charge is -2.32. The summed E-state index contributed by atoms with van der Waals surface area (Å²) in [4.78, 5) is 25.1. The molecule has 2 N–H and O–H groups in total. The number of nitrogens with zero attached hydrogens (tertiary/aromatic N) is 4. The maximum absolute atomic E-state index is 14.1. The van der Waals surface area contributed by atoms with Gasteiger partial charge in [0.25, 0.3) is 5.91 Å². The predicted octanol–water partition coefficient (Wildman–Crippen LogP) is 5.13. The molecule has 2 saturated heterocycles. The first-order valence-electron chi connectivity index (χ1n) is 13.1. The quantitative estimate of drug-likeness (QED) is 0.300. The summed E-state index contributed by atoms with van der Waals surface area (Å²) in [5.41, 5.74) is 7.89. The van der Waals surface area contributed by atoms with Crippen LogP contribution in [0.3, 0.4) is 0 Å². The van der Waals surface area contributed by atoms with E-state index in [4.69, 9.17) is 36.8 Å². The highest BCUT2D eigenvalue weighted by atomic mass is 35.5. The monoisotopic (exact) mass is 569 g/mol. The van der Waals surface area contributed by atoms with Gasteiger partial charge in [-0.25, -0.2) is 14.4 Å². The van der Waals surface area contributed by atoms with Crippen LogP contribution in [-0.4, -0.2) is 51.1 Å². The normalized spacial score (nSPS) is 18.4. The van der Waals surface area contributed by atoms with E-state index < -0.39 is 5.91 Å². The van der Waals surface area contributed by atoms with Crippen molar-refractivity contribution in [2.75, 3.05) is 19.7 Å². The summed E-state index contributed by atoms with van der Waals surface area (Å²) in [6, 6.07) is 12.2. The van der Waals surface area contributed by atoms with Crippen LogP contribution in [0.4, 0.5) is 4.39 Å². The number of rotatable bonds is 9. The number of halogens is 2. The Bertz CT molecular complexity index is 1500. The number of benzene rings is 1. The molecule has 4 aromatic rings. The van der Waals surface area contributed by atoms with E-state index in [-0.39, 0.29) is 18.5 Å². The Balaban J connectivity index is 1.09. The van der Waals surface area contributed by atoms with Crippen LogP contribution in [0.1, 0.15) is 51.9 Å². The highest BCUT2D eigenvalue weighted by Crippen LogP contribution is 2.31. The highest BCUT2D eigenvalue weighted by molar-refractivity contribution is 7.20. The van der Waals surface area contributed by atoms with Crippen molar-refractivity contribution in [3.63, 3.8) is 0 Å². The molecule has 0 unspecified atom stereocenters. The topological polar surface area (TPSA) is 95.5 Å². The van der Waals surface area contributed by atoms with Gasteiger partial charge in [-0.2, -0.15) is 0 Å². The second-order valence-electron chi connectivity index (χ2n) is 10.1. The number of aromatic nitrogens is 3. The number of carbonyl (C=O) groups excluding carboxylic acids is 1. The first-order valence-corrected chi connectivity index (χ1v) is 14.3. The predicted molar refractivity (Wildman–Crippen MR) is 148 cm³/mol. The third kappa shape index (κ3) is 5.79. The Kier molecular flexibility index (Phi) is 7.53. The number of thiophene rings is 1. The Morgan fingerprint density at radius 3 is 2.72 bits per heavy atom. The smallest absolute Gasteiger partial charge is 0.258 e. The maximum Gasteiger partial charge on any atom is 0.258 e. The molecule has 5 heterocycles. The highest BCUT2D eigenvalue weighted by Gasteiger charge is 2.27. The fourth-order valence-corrected chi connectivity index (χ4v) is 6.22. The zero-order valence-corrected chi connectivity index (χ0v) is 22.9. The van der Waals surface area contributed by atoms with Crippen molar-refractivity contribution in [3.8, 4) is 5.88 Å². The number of nitrogens with two attached hydrogens (primary N) is 1. The van der Waals surface area contributed by atoms with Crippen molar-refractivity contribution >= 4 is 39.2 Å². The average molecular weight is 570 g/mol. The van der Waals surface area contributed by atoms with Crippen molar-refractivity contribution in [3.05, 3.63) is 75.3 Å². The Hall–Kier alpha value is -3.05. The van der Waals surface area contributed by atoms with Gasteiger partial charge < -0.3 is 19.8 Å². The molecule has 2 fully saturated rings. The van der Waals surface area contributed by atoms with Gasteiger partial charge >= 0.3 is 0 Å². The van der Waals surface area contributed by atoms with Crippen LogP contribution in [0.25, 0.3) is 10.3 Å². The number of hydrogen-bond donors (Lipinski definition) is 1. The first kappa shape index (κ1) is 26.2. The summed E-state index contributed by atoms with van der Waals surface area (Å²) in [5.74, 6) is 0.985. The summed E-state index contributed by atoms with van der Waals surface area (Å²) < 4.78 is 27.8. The van der Waals surface area contributed by atoms with Gasteiger partial charge in [0.05, 0.1) is 29.6 Å². The number of amides is 1. The molecule has 11 heteroatoms. The number of hydrogen-bond acceptors (Lipinski definition) is 7. The summed E-state index contributed by atoms with van der Waals surface area (Å²) in [5, 5.41) is 0.358. The molecule has 39 heavy (non-hydrogen) atoms. The summed E-state index contributed by atoms with van der Waals surface area (Å²) in [6.45, 7) is 4.18. The minimum absolute atomic E-state index is 0.0921. The van der Waals surface area contributed by atoms with E-state index >= 15 is 0 Å². The van der Waals surface area contributed by atoms with Crippen molar-refractivity contribution in [2.24, 2.45) is 5.73 Å². The van der Waals surface area contributed by atoms with E-state index in [1.807, 2.05) is 18.2 Å². The van der Waals surface area contributed by atoms with Gasteiger partial charge in [-0.1, -0.05) is 23.7 Å². The van der Waals surface area contributed by atoms with Crippen LogP contribution < -0.4 is 10.5 Å². The second-order valence-corrected chi connectivity index (χ2v) is 11.5. The molecule has 2 aliphatic rings. The average Bonchev–Trinajstić information content (AvgIpc) is 3.45. The fourth-order valence-electron chi connectivity index (χ4n) is 5.16. The van der Waals surface area contributed by atoms with Crippen LogP contribution in [0.2, 0.25) is 5.02 Å². The third-order valence-corrected chi connectivity index (χ3v) is 8.72. The number of pyridine rings is 1. The van der Waals surface area contributed by atoms with Crippen LogP contribution in [0.5, 0.6) is 5.88 Å². The molecule has 3 aromatic heterocycles. The number of piperidine rings is 1. The van der Waals surface area contributed by atoms with Crippen molar-refractivity contribution in [1.82, 2.24) is 19.4 Å². The molecule has 0 spiro atoms. The van der Waals surface area contributed by atoms with Gasteiger partial charge in [-0.05, 0) is 56.6 Å². The lowest BCUT2D eigenvalue weighted by atomic mass is 9.93. The molecule has 0 bridgehead atoms. The number of fused-ring (bicyclic) bond motifs is 1. The van der Waals surface area contributed by atoms with Crippen LogP contribution in [0.15, 0.2) is 42.5 Å². The Labute approximate surface area is 234 Å². The molecule has 0 radical (unpaired) electrons. The molecule has 0 saturated carbocycles. The molecule has 8 nitrogen and oxygen atoms in total. The van der Waals surface area contributed by atoms with Crippen molar-refractivity contribution in [1.29, 1.82) is 0 Å². The molecule has 2 aliphatic heterocycles. The fraction of sp³-hybridized carbons (Fsp3) is 0.393. The summed E-state index contributed by atoms with van der Waals surface area (Å²) in [6.07, 6.45) is 3.14. The van der Waals surface area contributed by atoms with Gasteiger partial charge in [0.2, 0.25) is 5.88 Å². The van der Waals surface area contributed by atoms with E-state index in [1.165, 1.54) is 17.4 Å². The van der Waals surface area contributed by atoms with Gasteiger partial charge in [0, 0.05) is 34.9 Å². The van der Waals surface area contributed by atoms with Crippen LogP contribution in [-0.2, 0) is 24.4 Å². The van der Waals surface area contributed by atoms with Gasteiger partial charge in [0.15, 0.2) is 0 Å². The van der Waals surface area contributed by atoms with E-state index in [0.29, 0.717) is 27.3 Å². The van der Waals surface area contributed by atoms with E-state index in [2.05, 4.69) is 9.47 Å². The van der Waals surface area contributed by atoms with E-state index in [1.54, 1.807) is 18.2 Å². The molecule has 0 aliphatic carbocycles. The molecule has 204 valence electrons. The SMILES string of the molecule is NC(=O)c1cc2c(nc(CN3CCC(c4cccc(OCc5ccc(Cl)cc5F)n4)CC3)n2C[C@@H]2CCO2)s1. The van der Waals surface area contributed by atoms with Crippen LogP contribution >= 0.6 is 22.9 Å². The zero-order valence-electron chi connectivity index (χ0n) is 21.3. The third-order valence-electron chi connectivity index (χ3n) is 7.46. The Morgan fingerprint density at radius 2 is 2.00 bits per heavy atom. The van der Waals surface area contributed by atoms with Gasteiger partial charge in [-0.15, -0.1) is 11.3 Å². The minimum atomic E-state index is -0.423. The summed E-state index contributed by atoms with van der Waals surface area (Å²) in [7, 11) is 0. The van der Waals surface area contributed by atoms with Gasteiger partial charge in [0.1, 0.15) is 23.1 Å². The molecule has 6 rings (SSSR count). The zero-order chi connectivity index (χ0) is 26.9. The number of ether oxygens (including phenoxy) is 2. The number of imidazole rings is 1. The Morgan fingerprint density at radius 1 is 1.18 bits per heavy atom. The standard InChI is InChI=1S/C28H29ClFN5O3S/c29-19-5-4-18(21(30)12-19)16-38-26-3-1-2-22(32-26)17-6-9-34(10-7-17)15-25-33-28-23(13-24(39-28)27(31)36)35(25)14-20-8-11-37-20/h1-5,12-13,17,20H,6-11,14-16H2,(H2,31,36)/t20-/m0/s1. The molecular formula is C28H29ClFN5O3S.